The normalized spacial score (nSPS) is 16.9. The molecule has 1 fully saturated rings. The molecule has 1 aromatic heterocycles. The van der Waals surface area contributed by atoms with Crippen molar-refractivity contribution in [3.05, 3.63) is 32.5 Å². The zero-order valence-corrected chi connectivity index (χ0v) is 14.2. The van der Waals surface area contributed by atoms with E-state index in [2.05, 4.69) is 50.7 Å². The Hall–Kier alpha value is -0.300. The molecule has 0 amide bonds. The number of aromatic nitrogens is 1. The number of benzene rings is 1. The topological polar surface area (TPSA) is 28.3 Å². The van der Waals surface area contributed by atoms with Gasteiger partial charge < -0.3 is 9.72 Å². The van der Waals surface area contributed by atoms with Crippen LogP contribution in [0.4, 0.5) is 0 Å². The predicted octanol–water partition coefficient (Wildman–Crippen LogP) is 3.69. The third-order valence-electron chi connectivity index (χ3n) is 3.83. The van der Waals surface area contributed by atoms with E-state index in [0.29, 0.717) is 0 Å². The van der Waals surface area contributed by atoms with Crippen molar-refractivity contribution in [2.75, 3.05) is 32.8 Å². The molecule has 1 aliphatic heterocycles. The van der Waals surface area contributed by atoms with Crippen molar-refractivity contribution < 1.29 is 4.74 Å². The number of hydrogen-bond donors (Lipinski definition) is 1. The minimum Gasteiger partial charge on any atom is -0.379 e. The summed E-state index contributed by atoms with van der Waals surface area (Å²) in [6.07, 6.45) is 2.16. The first-order chi connectivity index (χ1) is 9.75. The lowest BCUT2D eigenvalue weighted by atomic mass is 10.1. The third kappa shape index (κ3) is 3.13. The van der Waals surface area contributed by atoms with E-state index in [9.17, 15) is 0 Å². The highest BCUT2D eigenvalue weighted by Gasteiger charge is 2.14. The molecule has 108 valence electrons. The lowest BCUT2D eigenvalue weighted by Gasteiger charge is -2.26. The van der Waals surface area contributed by atoms with Crippen LogP contribution in [0.1, 0.15) is 12.0 Å². The van der Waals surface area contributed by atoms with Gasteiger partial charge in [-0.1, -0.05) is 17.7 Å². The van der Waals surface area contributed by atoms with E-state index < -0.39 is 0 Å². The minimum atomic E-state index is 0.797. The average Bonchev–Trinajstić information content (AvgIpc) is 2.78. The van der Waals surface area contributed by atoms with Crippen LogP contribution in [0.3, 0.4) is 0 Å². The van der Waals surface area contributed by atoms with Crippen LogP contribution >= 0.6 is 34.2 Å². The molecule has 0 aliphatic carbocycles. The van der Waals surface area contributed by atoms with E-state index in [0.717, 1.165) is 56.4 Å². The molecule has 5 heteroatoms. The molecule has 1 saturated heterocycles. The fourth-order valence-electron chi connectivity index (χ4n) is 2.78. The van der Waals surface area contributed by atoms with E-state index in [1.807, 2.05) is 0 Å². The molecule has 0 atom stereocenters. The Kier molecular flexibility index (Phi) is 4.86. The van der Waals surface area contributed by atoms with Gasteiger partial charge in [0.1, 0.15) is 5.15 Å². The van der Waals surface area contributed by atoms with Crippen molar-refractivity contribution >= 4 is 45.1 Å². The van der Waals surface area contributed by atoms with Gasteiger partial charge in [-0.3, -0.25) is 4.90 Å². The summed E-state index contributed by atoms with van der Waals surface area (Å²) in [7, 11) is 0. The number of H-pyrrole nitrogens is 1. The molecule has 0 bridgehead atoms. The molecule has 3 nitrogen and oxygen atoms in total. The van der Waals surface area contributed by atoms with Crippen LogP contribution in [0, 0.1) is 3.57 Å². The zero-order chi connectivity index (χ0) is 13.9. The fourth-order valence-corrected chi connectivity index (χ4v) is 3.89. The van der Waals surface area contributed by atoms with E-state index in [-0.39, 0.29) is 0 Å². The van der Waals surface area contributed by atoms with Gasteiger partial charge in [-0.05, 0) is 59.7 Å². The lowest BCUT2D eigenvalue weighted by Crippen LogP contribution is -2.36. The molecule has 2 aromatic rings. The SMILES string of the molecule is Clc1[nH]c2cccc(I)c2c1CCCN1CCOCC1. The molecule has 2 heterocycles. The quantitative estimate of drug-likeness (QED) is 0.787. The van der Waals surface area contributed by atoms with Gasteiger partial charge in [0.05, 0.1) is 13.2 Å². The first-order valence-corrected chi connectivity index (χ1v) is 8.46. The highest BCUT2D eigenvalue weighted by atomic mass is 127. The van der Waals surface area contributed by atoms with Crippen LogP contribution < -0.4 is 0 Å². The second-order valence-corrected chi connectivity index (χ2v) is 6.68. The molecule has 1 aromatic carbocycles. The van der Waals surface area contributed by atoms with Gasteiger partial charge in [0.2, 0.25) is 0 Å². The summed E-state index contributed by atoms with van der Waals surface area (Å²) in [5.41, 5.74) is 2.41. The predicted molar refractivity (Wildman–Crippen MR) is 91.6 cm³/mol. The first-order valence-electron chi connectivity index (χ1n) is 7.00. The number of nitrogens with zero attached hydrogens (tertiary/aromatic N) is 1. The Morgan fingerprint density at radius 3 is 2.90 bits per heavy atom. The molecule has 0 unspecified atom stereocenters. The monoisotopic (exact) mass is 404 g/mol. The number of fused-ring (bicyclic) bond motifs is 1. The van der Waals surface area contributed by atoms with Crippen LogP contribution in [-0.4, -0.2) is 42.7 Å². The van der Waals surface area contributed by atoms with Crippen LogP contribution in [0.25, 0.3) is 10.9 Å². The lowest BCUT2D eigenvalue weighted by molar-refractivity contribution is 0.0375. The Balaban J connectivity index is 1.69. The summed E-state index contributed by atoms with van der Waals surface area (Å²) < 4.78 is 6.64. The Labute approximate surface area is 137 Å². The smallest absolute Gasteiger partial charge is 0.110 e. The summed E-state index contributed by atoms with van der Waals surface area (Å²) in [5.74, 6) is 0. The molecule has 0 spiro atoms. The fraction of sp³-hybridized carbons (Fsp3) is 0.467. The van der Waals surface area contributed by atoms with Gasteiger partial charge in [-0.15, -0.1) is 0 Å². The summed E-state index contributed by atoms with van der Waals surface area (Å²) in [6.45, 7) is 4.96. The Morgan fingerprint density at radius 2 is 2.10 bits per heavy atom. The van der Waals surface area contributed by atoms with Gasteiger partial charge in [0.15, 0.2) is 0 Å². The molecular weight excluding hydrogens is 387 g/mol. The zero-order valence-electron chi connectivity index (χ0n) is 11.3. The molecule has 3 rings (SSSR count). The van der Waals surface area contributed by atoms with Crippen LogP contribution in [0.5, 0.6) is 0 Å². The molecule has 0 radical (unpaired) electrons. The highest BCUT2D eigenvalue weighted by Crippen LogP contribution is 2.30. The number of halogens is 2. The third-order valence-corrected chi connectivity index (χ3v) is 5.05. The highest BCUT2D eigenvalue weighted by molar-refractivity contribution is 14.1. The van der Waals surface area contributed by atoms with Crippen molar-refractivity contribution in [3.8, 4) is 0 Å². The number of aryl methyl sites for hydroxylation is 1. The van der Waals surface area contributed by atoms with Gasteiger partial charge in [-0.25, -0.2) is 0 Å². The number of hydrogen-bond acceptors (Lipinski definition) is 2. The minimum absolute atomic E-state index is 0.797. The molecular formula is C15H18ClIN2O. The molecule has 1 N–H and O–H groups in total. The number of aromatic amines is 1. The van der Waals surface area contributed by atoms with Crippen molar-refractivity contribution in [1.82, 2.24) is 9.88 Å². The maximum atomic E-state index is 6.37. The van der Waals surface area contributed by atoms with Crippen molar-refractivity contribution in [1.29, 1.82) is 0 Å². The summed E-state index contributed by atoms with van der Waals surface area (Å²) in [6, 6.07) is 6.29. The average molecular weight is 405 g/mol. The summed E-state index contributed by atoms with van der Waals surface area (Å²) >= 11 is 8.76. The molecule has 20 heavy (non-hydrogen) atoms. The second kappa shape index (κ2) is 6.64. The van der Waals surface area contributed by atoms with Crippen molar-refractivity contribution in [2.45, 2.75) is 12.8 Å². The van der Waals surface area contributed by atoms with Crippen molar-refractivity contribution in [2.24, 2.45) is 0 Å². The number of morpholine rings is 1. The van der Waals surface area contributed by atoms with Crippen LogP contribution in [0.2, 0.25) is 5.15 Å². The molecule has 1 aliphatic rings. The number of rotatable bonds is 4. The second-order valence-electron chi connectivity index (χ2n) is 5.14. The molecule has 0 saturated carbocycles. The number of nitrogens with one attached hydrogen (secondary N) is 1. The standard InChI is InChI=1S/C15H18ClIN2O/c16-15-11(3-2-6-19-7-9-20-10-8-19)14-12(17)4-1-5-13(14)18-15/h1,4-5,18H,2-3,6-10H2. The van der Waals surface area contributed by atoms with Gasteiger partial charge >= 0.3 is 0 Å². The first kappa shape index (κ1) is 14.6. The van der Waals surface area contributed by atoms with Gasteiger partial charge in [0.25, 0.3) is 0 Å². The van der Waals surface area contributed by atoms with Crippen LogP contribution in [-0.2, 0) is 11.2 Å². The maximum Gasteiger partial charge on any atom is 0.110 e. The largest absolute Gasteiger partial charge is 0.379 e. The Bertz CT molecular complexity index is 593. The van der Waals surface area contributed by atoms with Gasteiger partial charge in [0, 0.05) is 27.6 Å². The van der Waals surface area contributed by atoms with Crippen LogP contribution in [0.15, 0.2) is 18.2 Å². The maximum absolute atomic E-state index is 6.37. The van der Waals surface area contributed by atoms with E-state index in [1.54, 1.807) is 0 Å². The Morgan fingerprint density at radius 1 is 1.30 bits per heavy atom. The van der Waals surface area contributed by atoms with Crippen molar-refractivity contribution in [3.63, 3.8) is 0 Å². The van der Waals surface area contributed by atoms with Gasteiger partial charge in [-0.2, -0.15) is 0 Å². The summed E-state index contributed by atoms with van der Waals surface area (Å²) in [4.78, 5) is 5.75. The van der Waals surface area contributed by atoms with E-state index >= 15 is 0 Å². The van der Waals surface area contributed by atoms with E-state index in [4.69, 9.17) is 16.3 Å². The van der Waals surface area contributed by atoms with E-state index in [1.165, 1.54) is 14.5 Å². The number of ether oxygens (including phenoxy) is 1. The summed E-state index contributed by atoms with van der Waals surface area (Å²) in [5, 5.41) is 2.09.